The molecule has 0 saturated carbocycles. The highest BCUT2D eigenvalue weighted by Gasteiger charge is 2.34. The molecule has 2 heterocycles. The van der Waals surface area contributed by atoms with Crippen molar-refractivity contribution in [1.29, 1.82) is 0 Å². The zero-order valence-electron chi connectivity index (χ0n) is 21.9. The Bertz CT molecular complexity index is 1230. The summed E-state index contributed by atoms with van der Waals surface area (Å²) in [6.45, 7) is 10.1. The summed E-state index contributed by atoms with van der Waals surface area (Å²) >= 11 is 1.14. The first-order chi connectivity index (χ1) is 18.1. The summed E-state index contributed by atoms with van der Waals surface area (Å²) in [6.07, 6.45) is -0.128. The Balaban J connectivity index is 1.71. The van der Waals surface area contributed by atoms with Crippen molar-refractivity contribution in [3.8, 4) is 11.8 Å². The van der Waals surface area contributed by atoms with Gasteiger partial charge in [-0.25, -0.2) is 9.98 Å². The van der Waals surface area contributed by atoms with Crippen molar-refractivity contribution in [3.05, 3.63) is 57.7 Å². The number of anilines is 1. The molecule has 11 heteroatoms. The van der Waals surface area contributed by atoms with Crippen molar-refractivity contribution in [1.82, 2.24) is 14.8 Å². The Morgan fingerprint density at radius 2 is 1.89 bits per heavy atom. The van der Waals surface area contributed by atoms with Crippen LogP contribution in [-0.2, 0) is 12.7 Å². The summed E-state index contributed by atoms with van der Waals surface area (Å²) in [5, 5.41) is 2.83. The van der Waals surface area contributed by atoms with E-state index < -0.39 is 17.6 Å². The first-order valence-corrected chi connectivity index (χ1v) is 13.4. The van der Waals surface area contributed by atoms with Gasteiger partial charge in [0.1, 0.15) is 0 Å². The van der Waals surface area contributed by atoms with Crippen LogP contribution in [0.2, 0.25) is 0 Å². The van der Waals surface area contributed by atoms with Crippen LogP contribution in [0.25, 0.3) is 0 Å². The Morgan fingerprint density at radius 1 is 1.18 bits per heavy atom. The lowest BCUT2D eigenvalue weighted by Gasteiger charge is -2.34. The third-order valence-electron chi connectivity index (χ3n) is 6.19. The first kappa shape index (κ1) is 29.4. The normalized spacial score (nSPS) is 15.7. The van der Waals surface area contributed by atoms with E-state index in [2.05, 4.69) is 39.0 Å². The molecule has 7 nitrogen and oxygen atoms in total. The van der Waals surface area contributed by atoms with Crippen LogP contribution in [0.3, 0.4) is 0 Å². The first-order valence-electron chi connectivity index (χ1n) is 12.6. The zero-order valence-corrected chi connectivity index (χ0v) is 22.7. The molecule has 1 saturated heterocycles. The number of hydrogen-bond donors (Lipinski definition) is 2. The van der Waals surface area contributed by atoms with Gasteiger partial charge in [0.2, 0.25) is 0 Å². The number of nitrogens with zero attached hydrogens (tertiary/aromatic N) is 4. The summed E-state index contributed by atoms with van der Waals surface area (Å²) in [5.41, 5.74) is 5.79. The number of halogens is 3. The van der Waals surface area contributed by atoms with Gasteiger partial charge < -0.3 is 10.6 Å². The molecule has 1 fully saturated rings. The number of carbonyl (C=O) groups excluding carboxylic acids is 1. The predicted octanol–water partition coefficient (Wildman–Crippen LogP) is 4.96. The van der Waals surface area contributed by atoms with Gasteiger partial charge >= 0.3 is 6.18 Å². The number of piperazine rings is 1. The van der Waals surface area contributed by atoms with Crippen LogP contribution in [-0.4, -0.2) is 59.3 Å². The van der Waals surface area contributed by atoms with Gasteiger partial charge in [-0.2, -0.15) is 13.2 Å². The number of thiazole rings is 1. The molecule has 204 valence electrons. The van der Waals surface area contributed by atoms with E-state index in [4.69, 9.17) is 5.73 Å². The number of alkyl halides is 3. The molecule has 0 spiro atoms. The smallest absolute Gasteiger partial charge is 0.387 e. The monoisotopic (exact) mass is 546 g/mol. The predicted molar refractivity (Wildman–Crippen MR) is 146 cm³/mol. The average molecular weight is 547 g/mol. The zero-order chi connectivity index (χ0) is 27.7. The van der Waals surface area contributed by atoms with Crippen molar-refractivity contribution in [3.63, 3.8) is 0 Å². The Labute approximate surface area is 225 Å². The number of nitrogens with two attached hydrogens (primary N) is 1. The molecule has 1 aliphatic rings. The quantitative estimate of drug-likeness (QED) is 0.278. The minimum absolute atomic E-state index is 0.0812. The molecule has 0 aliphatic carbocycles. The van der Waals surface area contributed by atoms with Gasteiger partial charge in [-0.1, -0.05) is 44.1 Å². The Hall–Kier alpha value is -3.20. The lowest BCUT2D eigenvalue weighted by molar-refractivity contribution is -0.138. The minimum Gasteiger partial charge on any atom is -0.387 e. The van der Waals surface area contributed by atoms with Crippen LogP contribution in [0.1, 0.15) is 60.0 Å². The molecule has 0 bridgehead atoms. The second-order valence-corrected chi connectivity index (χ2v) is 9.83. The maximum atomic E-state index is 13.9. The van der Waals surface area contributed by atoms with Gasteiger partial charge in [0.05, 0.1) is 22.5 Å². The summed E-state index contributed by atoms with van der Waals surface area (Å²) in [4.78, 5) is 25.9. The molecule has 2 aromatic rings. The number of nitrogens with one attached hydrogen (secondary N) is 1. The van der Waals surface area contributed by atoms with E-state index in [1.165, 1.54) is 18.3 Å². The molecule has 3 rings (SSSR count). The van der Waals surface area contributed by atoms with E-state index in [1.807, 2.05) is 18.7 Å². The highest BCUT2D eigenvalue weighted by atomic mass is 32.1. The molecule has 1 aliphatic heterocycles. The van der Waals surface area contributed by atoms with Gasteiger partial charge in [-0.05, 0) is 36.6 Å². The third kappa shape index (κ3) is 8.41. The molecule has 1 amide bonds. The third-order valence-corrected chi connectivity index (χ3v) is 7.01. The number of hydrogen-bond acceptors (Lipinski definition) is 6. The molecule has 1 aromatic carbocycles. The number of likely N-dealkylation sites (N-methyl/N-ethyl adjacent to an activating group) is 1. The maximum absolute atomic E-state index is 13.9. The lowest BCUT2D eigenvalue weighted by atomic mass is 10.0. The van der Waals surface area contributed by atoms with Crippen LogP contribution in [0.5, 0.6) is 0 Å². The number of rotatable bonds is 8. The fraction of sp³-hybridized carbons (Fsp3) is 0.444. The van der Waals surface area contributed by atoms with Crippen molar-refractivity contribution < 1.29 is 18.0 Å². The maximum Gasteiger partial charge on any atom is 0.416 e. The number of carbonyl (C=O) groups is 1. The van der Waals surface area contributed by atoms with Crippen molar-refractivity contribution in [2.45, 2.75) is 46.3 Å². The van der Waals surface area contributed by atoms with E-state index in [1.54, 1.807) is 6.20 Å². The molecule has 0 unspecified atom stereocenters. The number of allylic oxidation sites excluding steroid dienone is 1. The molecule has 0 atom stereocenters. The topological polar surface area (TPSA) is 86.8 Å². The van der Waals surface area contributed by atoms with Crippen LogP contribution < -0.4 is 11.1 Å². The SMILES string of the molecule is CCC(N)=N/C=C(/C#Cc1cnc(NC(=O)c2ccc(CN3CCN(CC)CC3)c(C(F)(F)F)c2)s1)CC. The van der Waals surface area contributed by atoms with Crippen molar-refractivity contribution in [2.75, 3.05) is 38.0 Å². The molecule has 38 heavy (non-hydrogen) atoms. The second-order valence-electron chi connectivity index (χ2n) is 8.80. The molecule has 3 N–H and O–H groups in total. The average Bonchev–Trinajstić information content (AvgIpc) is 3.35. The van der Waals surface area contributed by atoms with Gasteiger partial charge in [0, 0.05) is 56.5 Å². The molecular formula is C27H33F3N6OS. The van der Waals surface area contributed by atoms with E-state index >= 15 is 0 Å². The number of amides is 1. The lowest BCUT2D eigenvalue weighted by Crippen LogP contribution is -2.45. The molecule has 0 radical (unpaired) electrons. The number of amidine groups is 1. The number of benzene rings is 1. The highest BCUT2D eigenvalue weighted by molar-refractivity contribution is 7.16. The van der Waals surface area contributed by atoms with Gasteiger partial charge in [0.25, 0.3) is 5.91 Å². The fourth-order valence-electron chi connectivity index (χ4n) is 3.79. The molecular weight excluding hydrogens is 513 g/mol. The minimum atomic E-state index is -4.57. The highest BCUT2D eigenvalue weighted by Crippen LogP contribution is 2.34. The number of aromatic nitrogens is 1. The van der Waals surface area contributed by atoms with Gasteiger partial charge in [0.15, 0.2) is 5.13 Å². The van der Waals surface area contributed by atoms with E-state index in [0.717, 1.165) is 42.6 Å². The van der Waals surface area contributed by atoms with Crippen LogP contribution in [0.4, 0.5) is 18.3 Å². The largest absolute Gasteiger partial charge is 0.416 e. The Morgan fingerprint density at radius 3 is 2.53 bits per heavy atom. The van der Waals surface area contributed by atoms with E-state index in [9.17, 15) is 18.0 Å². The summed E-state index contributed by atoms with van der Waals surface area (Å²) in [7, 11) is 0. The summed E-state index contributed by atoms with van der Waals surface area (Å²) < 4.78 is 41.7. The van der Waals surface area contributed by atoms with E-state index in [0.29, 0.717) is 36.6 Å². The summed E-state index contributed by atoms with van der Waals surface area (Å²) in [6, 6.07) is 3.74. The fourth-order valence-corrected chi connectivity index (χ4v) is 4.45. The second kappa shape index (κ2) is 13.6. The van der Waals surface area contributed by atoms with Crippen LogP contribution in [0.15, 0.2) is 41.2 Å². The van der Waals surface area contributed by atoms with Gasteiger partial charge in [-0.15, -0.1) is 0 Å². The van der Waals surface area contributed by atoms with Crippen LogP contribution >= 0.6 is 11.3 Å². The summed E-state index contributed by atoms with van der Waals surface area (Å²) in [5.74, 6) is 5.83. The van der Waals surface area contributed by atoms with Gasteiger partial charge in [-0.3, -0.25) is 15.0 Å². The van der Waals surface area contributed by atoms with Crippen molar-refractivity contribution in [2.24, 2.45) is 10.7 Å². The standard InChI is InChI=1S/C27H33F3N6OS/c1-4-19(16-32-24(31)5-2)7-10-22-17-33-26(38-22)34-25(37)20-8-9-21(23(15-20)27(28,29)30)18-36-13-11-35(6-3)12-14-36/h8-9,15-17H,4-6,11-14,18H2,1-3H3,(H2,31,32)(H,33,34,37)/b19-16+. The van der Waals surface area contributed by atoms with Crippen LogP contribution in [0, 0.1) is 11.8 Å². The number of aliphatic imine (C=N–C) groups is 1. The van der Waals surface area contributed by atoms with E-state index in [-0.39, 0.29) is 22.8 Å². The van der Waals surface area contributed by atoms with Crippen molar-refractivity contribution >= 4 is 28.2 Å². The Kier molecular flexibility index (Phi) is 10.5. The molecule has 1 aromatic heterocycles.